The Hall–Kier alpha value is -1.93. The summed E-state index contributed by atoms with van der Waals surface area (Å²) in [5.41, 5.74) is 3.72. The molecule has 1 atom stereocenters. The average Bonchev–Trinajstić information content (AvgIpc) is 2.97. The molecule has 1 aromatic carbocycles. The Morgan fingerprint density at radius 1 is 1.30 bits per heavy atom. The highest BCUT2D eigenvalue weighted by Gasteiger charge is 2.43. The van der Waals surface area contributed by atoms with Gasteiger partial charge in [-0.1, -0.05) is 0 Å². The standard InChI is InChI=1S/C19H20F2N2O3.ClH/c1-18(2,25)14-7-15(19(10-22)8-13(24)9-26-19)23-17(16(14)21)11-3-5-12(20)6-4-11;/h3-7,25H,8-10,22H2,1-2H3;1H. The highest BCUT2D eigenvalue weighted by molar-refractivity contribution is 5.85. The van der Waals surface area contributed by atoms with Crippen LogP contribution in [-0.4, -0.2) is 29.0 Å². The van der Waals surface area contributed by atoms with Crippen molar-refractivity contribution in [2.75, 3.05) is 13.2 Å². The molecule has 0 amide bonds. The quantitative estimate of drug-likeness (QED) is 0.827. The van der Waals surface area contributed by atoms with Crippen molar-refractivity contribution >= 4 is 18.2 Å². The van der Waals surface area contributed by atoms with E-state index in [0.717, 1.165) is 0 Å². The molecule has 3 rings (SSSR count). The van der Waals surface area contributed by atoms with Crippen LogP contribution in [0.5, 0.6) is 0 Å². The molecule has 0 bridgehead atoms. The summed E-state index contributed by atoms with van der Waals surface area (Å²) in [6.07, 6.45) is 0.0241. The summed E-state index contributed by atoms with van der Waals surface area (Å²) in [7, 11) is 0. The lowest BCUT2D eigenvalue weighted by Crippen LogP contribution is -2.36. The second kappa shape index (κ2) is 7.59. The number of aromatic nitrogens is 1. The van der Waals surface area contributed by atoms with Gasteiger partial charge in [0.15, 0.2) is 11.6 Å². The maximum Gasteiger partial charge on any atom is 0.161 e. The monoisotopic (exact) mass is 398 g/mol. The van der Waals surface area contributed by atoms with E-state index in [1.165, 1.54) is 44.2 Å². The smallest absolute Gasteiger partial charge is 0.161 e. The topological polar surface area (TPSA) is 85.4 Å². The largest absolute Gasteiger partial charge is 0.386 e. The third-order valence-electron chi connectivity index (χ3n) is 4.52. The van der Waals surface area contributed by atoms with E-state index in [4.69, 9.17) is 10.5 Å². The number of benzene rings is 1. The van der Waals surface area contributed by atoms with Gasteiger partial charge in [-0.25, -0.2) is 13.8 Å². The minimum Gasteiger partial charge on any atom is -0.386 e. The number of carbonyl (C=O) groups excluding carboxylic acids is 1. The van der Waals surface area contributed by atoms with E-state index < -0.39 is 22.8 Å². The number of ether oxygens (including phenoxy) is 1. The van der Waals surface area contributed by atoms with Gasteiger partial charge in [0, 0.05) is 24.1 Å². The molecule has 1 aliphatic rings. The molecule has 1 aliphatic heterocycles. The Morgan fingerprint density at radius 3 is 2.41 bits per heavy atom. The first-order chi connectivity index (χ1) is 12.2. The van der Waals surface area contributed by atoms with Gasteiger partial charge < -0.3 is 15.6 Å². The molecule has 146 valence electrons. The van der Waals surface area contributed by atoms with E-state index in [-0.39, 0.29) is 54.7 Å². The van der Waals surface area contributed by atoms with Crippen LogP contribution in [-0.2, 0) is 20.7 Å². The van der Waals surface area contributed by atoms with Crippen molar-refractivity contribution in [2.45, 2.75) is 31.5 Å². The zero-order chi connectivity index (χ0) is 19.1. The summed E-state index contributed by atoms with van der Waals surface area (Å²) >= 11 is 0. The molecule has 1 fully saturated rings. The number of aliphatic hydroxyl groups is 1. The van der Waals surface area contributed by atoms with Gasteiger partial charge in [0.2, 0.25) is 0 Å². The number of nitrogens with two attached hydrogens (primary N) is 1. The van der Waals surface area contributed by atoms with Gasteiger partial charge in [-0.15, -0.1) is 12.4 Å². The van der Waals surface area contributed by atoms with E-state index in [9.17, 15) is 14.3 Å². The molecule has 0 spiro atoms. The van der Waals surface area contributed by atoms with Gasteiger partial charge >= 0.3 is 0 Å². The third kappa shape index (κ3) is 4.01. The number of rotatable bonds is 4. The number of hydrogen-bond donors (Lipinski definition) is 2. The third-order valence-corrected chi connectivity index (χ3v) is 4.52. The summed E-state index contributed by atoms with van der Waals surface area (Å²) in [5.74, 6) is -1.31. The molecular weight excluding hydrogens is 378 g/mol. The van der Waals surface area contributed by atoms with E-state index in [1.54, 1.807) is 0 Å². The molecule has 1 aromatic heterocycles. The maximum absolute atomic E-state index is 15.1. The van der Waals surface area contributed by atoms with E-state index >= 15 is 4.39 Å². The van der Waals surface area contributed by atoms with E-state index in [2.05, 4.69) is 4.98 Å². The van der Waals surface area contributed by atoms with Crippen molar-refractivity contribution < 1.29 is 23.4 Å². The Labute approximate surface area is 162 Å². The molecule has 0 aliphatic carbocycles. The van der Waals surface area contributed by atoms with Crippen LogP contribution in [0.1, 0.15) is 31.5 Å². The Morgan fingerprint density at radius 2 is 1.93 bits per heavy atom. The fraction of sp³-hybridized carbons (Fsp3) is 0.368. The number of carbonyl (C=O) groups is 1. The molecule has 8 heteroatoms. The molecule has 0 radical (unpaired) electrons. The number of ketones is 1. The molecule has 5 nitrogen and oxygen atoms in total. The van der Waals surface area contributed by atoms with Crippen LogP contribution in [0.4, 0.5) is 8.78 Å². The predicted octanol–water partition coefficient (Wildman–Crippen LogP) is 2.82. The first kappa shape index (κ1) is 21.4. The van der Waals surface area contributed by atoms with Crippen LogP contribution in [0.3, 0.4) is 0 Å². The highest BCUT2D eigenvalue weighted by atomic mass is 35.5. The lowest BCUT2D eigenvalue weighted by Gasteiger charge is -2.28. The first-order valence-corrected chi connectivity index (χ1v) is 8.22. The highest BCUT2D eigenvalue weighted by Crippen LogP contribution is 2.38. The second-order valence-corrected chi connectivity index (χ2v) is 6.99. The van der Waals surface area contributed by atoms with Crippen LogP contribution >= 0.6 is 12.4 Å². The van der Waals surface area contributed by atoms with Gasteiger partial charge in [-0.05, 0) is 44.2 Å². The van der Waals surface area contributed by atoms with Gasteiger partial charge in [0.05, 0.1) is 11.3 Å². The minimum atomic E-state index is -1.51. The SMILES string of the molecule is CC(C)(O)c1cc(C2(CN)CC(=O)CO2)nc(-c2ccc(F)cc2)c1F.Cl. The average molecular weight is 399 g/mol. The predicted molar refractivity (Wildman–Crippen MR) is 98.4 cm³/mol. The van der Waals surface area contributed by atoms with Crippen molar-refractivity contribution in [3.8, 4) is 11.3 Å². The Kier molecular flexibility index (Phi) is 6.01. The lowest BCUT2D eigenvalue weighted by molar-refractivity contribution is -0.117. The molecule has 2 heterocycles. The normalized spacial score (nSPS) is 19.9. The minimum absolute atomic E-state index is 0. The van der Waals surface area contributed by atoms with Crippen LogP contribution < -0.4 is 5.73 Å². The van der Waals surface area contributed by atoms with Crippen molar-refractivity contribution in [2.24, 2.45) is 5.73 Å². The summed E-state index contributed by atoms with van der Waals surface area (Å²) < 4.78 is 33.9. The van der Waals surface area contributed by atoms with Crippen molar-refractivity contribution in [1.82, 2.24) is 4.98 Å². The number of pyridine rings is 1. The van der Waals surface area contributed by atoms with E-state index in [0.29, 0.717) is 5.56 Å². The van der Waals surface area contributed by atoms with Crippen LogP contribution in [0.15, 0.2) is 30.3 Å². The van der Waals surface area contributed by atoms with Crippen LogP contribution in [0.2, 0.25) is 0 Å². The number of nitrogens with zero attached hydrogens (tertiary/aromatic N) is 1. The Bertz CT molecular complexity index is 853. The van der Waals surface area contributed by atoms with Gasteiger partial charge in [-0.2, -0.15) is 0 Å². The van der Waals surface area contributed by atoms with Gasteiger partial charge in [0.25, 0.3) is 0 Å². The molecule has 27 heavy (non-hydrogen) atoms. The first-order valence-electron chi connectivity index (χ1n) is 8.22. The van der Waals surface area contributed by atoms with Crippen molar-refractivity contribution in [3.63, 3.8) is 0 Å². The molecule has 2 aromatic rings. The summed E-state index contributed by atoms with van der Waals surface area (Å²) in [5, 5.41) is 10.4. The van der Waals surface area contributed by atoms with E-state index in [1.807, 2.05) is 0 Å². The number of Topliss-reactive ketones (excluding diaryl/α,β-unsaturated/α-hetero) is 1. The molecular formula is C19H21ClF2N2O3. The van der Waals surface area contributed by atoms with Gasteiger partial charge in [0.1, 0.15) is 23.7 Å². The summed E-state index contributed by atoms with van der Waals surface area (Å²) in [6.45, 7) is 2.77. The summed E-state index contributed by atoms with van der Waals surface area (Å²) in [6, 6.07) is 6.57. The fourth-order valence-corrected chi connectivity index (χ4v) is 3.05. The number of halogens is 3. The van der Waals surface area contributed by atoms with Crippen LogP contribution in [0, 0.1) is 11.6 Å². The fourth-order valence-electron chi connectivity index (χ4n) is 3.05. The zero-order valence-corrected chi connectivity index (χ0v) is 15.8. The number of hydrogen-bond acceptors (Lipinski definition) is 5. The second-order valence-electron chi connectivity index (χ2n) is 6.99. The molecule has 1 unspecified atom stereocenters. The zero-order valence-electron chi connectivity index (χ0n) is 15.0. The molecule has 0 saturated carbocycles. The Balaban J connectivity index is 0.00000261. The molecule has 3 N–H and O–H groups in total. The maximum atomic E-state index is 15.1. The lowest BCUT2D eigenvalue weighted by atomic mass is 9.89. The molecule has 1 saturated heterocycles. The van der Waals surface area contributed by atoms with Crippen molar-refractivity contribution in [1.29, 1.82) is 0 Å². The van der Waals surface area contributed by atoms with Gasteiger partial charge in [-0.3, -0.25) is 4.79 Å². The summed E-state index contributed by atoms with van der Waals surface area (Å²) in [4.78, 5) is 16.1. The van der Waals surface area contributed by atoms with Crippen molar-refractivity contribution in [3.05, 3.63) is 53.2 Å². The van der Waals surface area contributed by atoms with Crippen LogP contribution in [0.25, 0.3) is 11.3 Å².